The molecular formula is C17H14N4O2. The number of nitro benzene ring substituents is 1. The molecule has 0 radical (unpaired) electrons. The van der Waals surface area contributed by atoms with Crippen molar-refractivity contribution in [2.45, 2.75) is 20.4 Å². The van der Waals surface area contributed by atoms with Crippen LogP contribution >= 0.6 is 0 Å². The largest absolute Gasteiger partial charge is 0.310 e. The third-order valence-electron chi connectivity index (χ3n) is 3.93. The first-order valence-corrected chi connectivity index (χ1v) is 7.10. The minimum absolute atomic E-state index is 0.0309. The van der Waals surface area contributed by atoms with Gasteiger partial charge in [0, 0.05) is 17.7 Å². The molecule has 6 heteroatoms. The Hall–Kier alpha value is -3.20. The molecule has 0 aliphatic carbocycles. The molecular weight excluding hydrogens is 292 g/mol. The molecule has 0 aliphatic rings. The number of nitriles is 1. The number of rotatable bonds is 3. The summed E-state index contributed by atoms with van der Waals surface area (Å²) in [6.07, 6.45) is 0. The smallest absolute Gasteiger partial charge is 0.269 e. The van der Waals surface area contributed by atoms with Gasteiger partial charge in [0.1, 0.15) is 12.4 Å². The van der Waals surface area contributed by atoms with Gasteiger partial charge in [-0.05, 0) is 49.2 Å². The fourth-order valence-electron chi connectivity index (χ4n) is 2.56. The fourth-order valence-corrected chi connectivity index (χ4v) is 2.56. The third kappa shape index (κ3) is 2.53. The molecule has 3 rings (SSSR count). The number of hydrogen-bond donors (Lipinski definition) is 0. The third-order valence-corrected chi connectivity index (χ3v) is 3.93. The normalized spacial score (nSPS) is 10.7. The minimum Gasteiger partial charge on any atom is -0.310 e. The summed E-state index contributed by atoms with van der Waals surface area (Å²) in [5.41, 5.74) is 4.75. The van der Waals surface area contributed by atoms with Crippen molar-refractivity contribution in [3.05, 3.63) is 57.6 Å². The molecule has 0 bridgehead atoms. The van der Waals surface area contributed by atoms with E-state index in [1.54, 1.807) is 12.1 Å². The highest BCUT2D eigenvalue weighted by Gasteiger charge is 2.14. The monoisotopic (exact) mass is 306 g/mol. The van der Waals surface area contributed by atoms with Gasteiger partial charge in [0.2, 0.25) is 0 Å². The summed E-state index contributed by atoms with van der Waals surface area (Å²) in [4.78, 5) is 15.0. The van der Waals surface area contributed by atoms with Gasteiger partial charge in [-0.3, -0.25) is 10.1 Å². The second kappa shape index (κ2) is 5.54. The van der Waals surface area contributed by atoms with Crippen molar-refractivity contribution in [2.75, 3.05) is 0 Å². The maximum atomic E-state index is 10.8. The zero-order valence-corrected chi connectivity index (χ0v) is 12.8. The van der Waals surface area contributed by atoms with Crippen molar-refractivity contribution in [1.29, 1.82) is 5.26 Å². The van der Waals surface area contributed by atoms with E-state index in [2.05, 4.69) is 11.1 Å². The molecule has 0 spiro atoms. The molecule has 1 heterocycles. The van der Waals surface area contributed by atoms with Gasteiger partial charge in [0.15, 0.2) is 0 Å². The standard InChI is InChI=1S/C17H14N4O2/c1-11-9-15-16(10-12(11)2)20(8-7-18)17(19-15)13-3-5-14(6-4-13)21(22)23/h3-6,9-10H,8H2,1-2H3. The Bertz CT molecular complexity index is 949. The van der Waals surface area contributed by atoms with E-state index in [4.69, 9.17) is 5.26 Å². The van der Waals surface area contributed by atoms with Gasteiger partial charge in [0.05, 0.1) is 22.0 Å². The van der Waals surface area contributed by atoms with Crippen molar-refractivity contribution in [3.63, 3.8) is 0 Å². The summed E-state index contributed by atoms with van der Waals surface area (Å²) in [5, 5.41) is 19.9. The lowest BCUT2D eigenvalue weighted by Crippen LogP contribution is -1.99. The lowest BCUT2D eigenvalue weighted by atomic mass is 10.1. The van der Waals surface area contributed by atoms with Crippen molar-refractivity contribution in [2.24, 2.45) is 0 Å². The predicted molar refractivity (Wildman–Crippen MR) is 86.9 cm³/mol. The first-order valence-electron chi connectivity index (χ1n) is 7.10. The SMILES string of the molecule is Cc1cc2nc(-c3ccc([N+](=O)[O-])cc3)n(CC#N)c2cc1C. The van der Waals surface area contributed by atoms with Crippen molar-refractivity contribution in [3.8, 4) is 17.5 Å². The van der Waals surface area contributed by atoms with Crippen LogP contribution in [0.1, 0.15) is 11.1 Å². The van der Waals surface area contributed by atoms with Crippen LogP contribution in [-0.4, -0.2) is 14.5 Å². The van der Waals surface area contributed by atoms with Crippen molar-refractivity contribution in [1.82, 2.24) is 9.55 Å². The van der Waals surface area contributed by atoms with Gasteiger partial charge < -0.3 is 4.57 Å². The number of aromatic nitrogens is 2. The van der Waals surface area contributed by atoms with Gasteiger partial charge in [-0.2, -0.15) is 5.26 Å². The molecule has 23 heavy (non-hydrogen) atoms. The number of hydrogen-bond acceptors (Lipinski definition) is 4. The minimum atomic E-state index is -0.436. The van der Waals surface area contributed by atoms with E-state index in [0.717, 1.165) is 27.7 Å². The van der Waals surface area contributed by atoms with E-state index in [-0.39, 0.29) is 12.2 Å². The summed E-state index contributed by atoms with van der Waals surface area (Å²) in [6, 6.07) is 12.4. The molecule has 114 valence electrons. The van der Waals surface area contributed by atoms with E-state index in [0.29, 0.717) is 5.82 Å². The zero-order chi connectivity index (χ0) is 16.6. The number of imidazole rings is 1. The molecule has 0 saturated heterocycles. The summed E-state index contributed by atoms with van der Waals surface area (Å²) >= 11 is 0. The second-order valence-electron chi connectivity index (χ2n) is 5.41. The number of nitrogens with zero attached hydrogens (tertiary/aromatic N) is 4. The zero-order valence-electron chi connectivity index (χ0n) is 12.8. The van der Waals surface area contributed by atoms with E-state index in [1.165, 1.54) is 12.1 Å². The first kappa shape index (κ1) is 14.7. The highest BCUT2D eigenvalue weighted by molar-refractivity contribution is 5.82. The molecule has 1 aromatic heterocycles. The lowest BCUT2D eigenvalue weighted by molar-refractivity contribution is -0.384. The number of nitro groups is 1. The van der Waals surface area contributed by atoms with Crippen LogP contribution in [0, 0.1) is 35.3 Å². The average Bonchev–Trinajstić information content (AvgIpc) is 2.86. The fraction of sp³-hybridized carbons (Fsp3) is 0.176. The van der Waals surface area contributed by atoms with Crippen LogP contribution in [0.15, 0.2) is 36.4 Å². The van der Waals surface area contributed by atoms with Crippen LogP contribution in [0.2, 0.25) is 0 Å². The maximum Gasteiger partial charge on any atom is 0.269 e. The van der Waals surface area contributed by atoms with Crippen LogP contribution < -0.4 is 0 Å². The number of aryl methyl sites for hydroxylation is 2. The summed E-state index contributed by atoms with van der Waals surface area (Å²) in [6.45, 7) is 4.21. The van der Waals surface area contributed by atoms with Gasteiger partial charge in [-0.25, -0.2) is 4.98 Å². The highest BCUT2D eigenvalue weighted by atomic mass is 16.6. The van der Waals surface area contributed by atoms with Crippen LogP contribution in [0.5, 0.6) is 0 Å². The molecule has 0 N–H and O–H groups in total. The van der Waals surface area contributed by atoms with Crippen LogP contribution in [-0.2, 0) is 6.54 Å². The molecule has 0 atom stereocenters. The van der Waals surface area contributed by atoms with E-state index < -0.39 is 4.92 Å². The number of benzene rings is 2. The van der Waals surface area contributed by atoms with Gasteiger partial charge in [0.25, 0.3) is 5.69 Å². The Balaban J connectivity index is 2.21. The molecule has 3 aromatic rings. The summed E-state index contributed by atoms with van der Waals surface area (Å²) in [7, 11) is 0. The summed E-state index contributed by atoms with van der Waals surface area (Å²) < 4.78 is 1.84. The quantitative estimate of drug-likeness (QED) is 0.545. The molecule has 0 amide bonds. The Morgan fingerprint density at radius 3 is 2.48 bits per heavy atom. The second-order valence-corrected chi connectivity index (χ2v) is 5.41. The van der Waals surface area contributed by atoms with Gasteiger partial charge in [-0.1, -0.05) is 0 Å². The van der Waals surface area contributed by atoms with E-state index in [9.17, 15) is 10.1 Å². The molecule has 0 fully saturated rings. The average molecular weight is 306 g/mol. The topological polar surface area (TPSA) is 84.8 Å². The Labute approximate surface area is 132 Å². The van der Waals surface area contributed by atoms with Crippen LogP contribution in [0.4, 0.5) is 5.69 Å². The molecule has 0 unspecified atom stereocenters. The summed E-state index contributed by atoms with van der Waals surface area (Å²) in [5.74, 6) is 0.640. The Morgan fingerprint density at radius 2 is 1.87 bits per heavy atom. The molecule has 6 nitrogen and oxygen atoms in total. The number of fused-ring (bicyclic) bond motifs is 1. The van der Waals surface area contributed by atoms with E-state index in [1.807, 2.05) is 30.5 Å². The van der Waals surface area contributed by atoms with Crippen molar-refractivity contribution < 1.29 is 4.92 Å². The highest BCUT2D eigenvalue weighted by Crippen LogP contribution is 2.28. The van der Waals surface area contributed by atoms with Gasteiger partial charge in [-0.15, -0.1) is 0 Å². The molecule has 2 aromatic carbocycles. The molecule has 0 saturated carbocycles. The van der Waals surface area contributed by atoms with Gasteiger partial charge >= 0.3 is 0 Å². The Morgan fingerprint density at radius 1 is 1.22 bits per heavy atom. The predicted octanol–water partition coefficient (Wildman–Crippen LogP) is 3.75. The van der Waals surface area contributed by atoms with Crippen LogP contribution in [0.3, 0.4) is 0 Å². The van der Waals surface area contributed by atoms with E-state index >= 15 is 0 Å². The Kier molecular flexibility index (Phi) is 3.54. The molecule has 0 aliphatic heterocycles. The van der Waals surface area contributed by atoms with Crippen molar-refractivity contribution >= 4 is 16.7 Å². The maximum absolute atomic E-state index is 10.8. The van der Waals surface area contributed by atoms with Crippen LogP contribution in [0.25, 0.3) is 22.4 Å². The number of non-ortho nitro benzene ring substituents is 1. The lowest BCUT2D eigenvalue weighted by Gasteiger charge is -2.05. The first-order chi connectivity index (χ1) is 11.0.